The summed E-state index contributed by atoms with van der Waals surface area (Å²) in [6.07, 6.45) is 3.56. The molecule has 1 fully saturated rings. The van der Waals surface area contributed by atoms with Crippen molar-refractivity contribution in [2.24, 2.45) is 0 Å². The zero-order valence-electron chi connectivity index (χ0n) is 19.0. The lowest BCUT2D eigenvalue weighted by molar-refractivity contribution is 0.174. The van der Waals surface area contributed by atoms with E-state index in [9.17, 15) is 5.11 Å². The van der Waals surface area contributed by atoms with Crippen molar-refractivity contribution in [1.82, 2.24) is 9.88 Å². The molecule has 1 aromatic heterocycles. The van der Waals surface area contributed by atoms with Crippen molar-refractivity contribution in [3.8, 4) is 45.4 Å². The Bertz CT molecular complexity index is 1150. The van der Waals surface area contributed by atoms with Gasteiger partial charge in [0.2, 0.25) is 6.79 Å². The van der Waals surface area contributed by atoms with Crippen LogP contribution in [0, 0.1) is 0 Å². The Hall–Kier alpha value is -3.45. The molecule has 0 saturated carbocycles. The van der Waals surface area contributed by atoms with Gasteiger partial charge in [-0.05, 0) is 68.8 Å². The third kappa shape index (κ3) is 4.41. The van der Waals surface area contributed by atoms with Gasteiger partial charge < -0.3 is 29.5 Å². The molecule has 7 nitrogen and oxygen atoms in total. The van der Waals surface area contributed by atoms with E-state index in [1.807, 2.05) is 42.5 Å². The van der Waals surface area contributed by atoms with Crippen molar-refractivity contribution in [2.45, 2.75) is 25.3 Å². The number of aromatic hydroxyl groups is 1. The van der Waals surface area contributed by atoms with E-state index >= 15 is 0 Å². The maximum atomic E-state index is 10.6. The molecular weight excluding hydrogens is 418 g/mol. The maximum Gasteiger partial charge on any atom is 0.231 e. The van der Waals surface area contributed by atoms with E-state index in [1.165, 1.54) is 19.4 Å². The van der Waals surface area contributed by atoms with Gasteiger partial charge in [0.05, 0.1) is 12.8 Å². The van der Waals surface area contributed by atoms with Crippen molar-refractivity contribution in [3.63, 3.8) is 0 Å². The SMILES string of the molecule is COc1ccc(-c2cc(-c3cccc4c3OCO4)cc(NCCC3CCCN3C)n2)c(O)c1. The molecule has 0 spiro atoms. The molecule has 1 atom stereocenters. The number of anilines is 1. The van der Waals surface area contributed by atoms with Crippen molar-refractivity contribution < 1.29 is 19.3 Å². The molecular formula is C26H29N3O4. The minimum absolute atomic E-state index is 0.121. The molecule has 3 heterocycles. The summed E-state index contributed by atoms with van der Waals surface area (Å²) >= 11 is 0. The zero-order chi connectivity index (χ0) is 22.8. The van der Waals surface area contributed by atoms with Gasteiger partial charge >= 0.3 is 0 Å². The average molecular weight is 448 g/mol. The third-order valence-corrected chi connectivity index (χ3v) is 6.47. The van der Waals surface area contributed by atoms with Crippen LogP contribution in [-0.2, 0) is 0 Å². The normalized spacial score (nSPS) is 17.3. The highest BCUT2D eigenvalue weighted by Gasteiger charge is 2.22. The summed E-state index contributed by atoms with van der Waals surface area (Å²) in [5.74, 6) is 2.94. The van der Waals surface area contributed by atoms with Crippen LogP contribution < -0.4 is 19.5 Å². The number of para-hydroxylation sites is 1. The number of pyridine rings is 1. The number of ether oxygens (including phenoxy) is 3. The molecule has 0 bridgehead atoms. The van der Waals surface area contributed by atoms with Gasteiger partial charge in [0.15, 0.2) is 11.5 Å². The highest BCUT2D eigenvalue weighted by Crippen LogP contribution is 2.43. The summed E-state index contributed by atoms with van der Waals surface area (Å²) in [6, 6.07) is 15.7. The number of likely N-dealkylation sites (tertiary alicyclic amines) is 1. The lowest BCUT2D eigenvalue weighted by Crippen LogP contribution is -2.27. The van der Waals surface area contributed by atoms with Crippen molar-refractivity contribution in [1.29, 1.82) is 0 Å². The molecule has 3 aromatic rings. The van der Waals surface area contributed by atoms with E-state index in [0.29, 0.717) is 23.0 Å². The fourth-order valence-corrected chi connectivity index (χ4v) is 4.64. The molecule has 2 aliphatic rings. The second-order valence-corrected chi connectivity index (χ2v) is 8.54. The molecule has 2 aromatic carbocycles. The first-order valence-corrected chi connectivity index (χ1v) is 11.3. The first kappa shape index (κ1) is 21.4. The summed E-state index contributed by atoms with van der Waals surface area (Å²) in [5.41, 5.74) is 3.18. The van der Waals surface area contributed by atoms with Gasteiger partial charge in [0.25, 0.3) is 0 Å². The van der Waals surface area contributed by atoms with E-state index in [-0.39, 0.29) is 12.5 Å². The minimum Gasteiger partial charge on any atom is -0.507 e. The number of aromatic nitrogens is 1. The molecule has 2 aliphatic heterocycles. The Labute approximate surface area is 193 Å². The van der Waals surface area contributed by atoms with Crippen LogP contribution in [0.5, 0.6) is 23.0 Å². The molecule has 0 radical (unpaired) electrons. The topological polar surface area (TPSA) is 76.1 Å². The Balaban J connectivity index is 1.50. The fourth-order valence-electron chi connectivity index (χ4n) is 4.64. The Morgan fingerprint density at radius 3 is 2.85 bits per heavy atom. The molecule has 2 N–H and O–H groups in total. The molecule has 5 rings (SSSR count). The van der Waals surface area contributed by atoms with Gasteiger partial charge in [0, 0.05) is 29.8 Å². The molecule has 1 saturated heterocycles. The van der Waals surface area contributed by atoms with E-state index in [1.54, 1.807) is 13.2 Å². The predicted molar refractivity (Wildman–Crippen MR) is 128 cm³/mol. The van der Waals surface area contributed by atoms with Crippen LogP contribution in [0.15, 0.2) is 48.5 Å². The monoisotopic (exact) mass is 447 g/mol. The van der Waals surface area contributed by atoms with Crippen LogP contribution in [-0.4, -0.2) is 55.1 Å². The Morgan fingerprint density at radius 2 is 2.06 bits per heavy atom. The van der Waals surface area contributed by atoms with E-state index in [0.717, 1.165) is 41.4 Å². The minimum atomic E-state index is 0.121. The van der Waals surface area contributed by atoms with Crippen LogP contribution in [0.3, 0.4) is 0 Å². The number of rotatable bonds is 7. The summed E-state index contributed by atoms with van der Waals surface area (Å²) in [5, 5.41) is 14.1. The van der Waals surface area contributed by atoms with Crippen molar-refractivity contribution in [3.05, 3.63) is 48.5 Å². The van der Waals surface area contributed by atoms with Gasteiger partial charge in [-0.25, -0.2) is 4.98 Å². The molecule has 7 heteroatoms. The lowest BCUT2D eigenvalue weighted by Gasteiger charge is -2.20. The summed E-state index contributed by atoms with van der Waals surface area (Å²) < 4.78 is 16.6. The van der Waals surface area contributed by atoms with Gasteiger partial charge in [-0.15, -0.1) is 0 Å². The van der Waals surface area contributed by atoms with Crippen molar-refractivity contribution in [2.75, 3.05) is 39.4 Å². The Kier molecular flexibility index (Phi) is 5.96. The van der Waals surface area contributed by atoms with Gasteiger partial charge in [-0.1, -0.05) is 12.1 Å². The second kappa shape index (κ2) is 9.19. The first-order chi connectivity index (χ1) is 16.1. The number of methoxy groups -OCH3 is 1. The van der Waals surface area contributed by atoms with Crippen LogP contribution in [0.25, 0.3) is 22.4 Å². The number of phenols is 1. The van der Waals surface area contributed by atoms with Gasteiger partial charge in [-0.3, -0.25) is 0 Å². The quantitative estimate of drug-likeness (QED) is 0.541. The third-order valence-electron chi connectivity index (χ3n) is 6.47. The van der Waals surface area contributed by atoms with Crippen LogP contribution in [0.1, 0.15) is 19.3 Å². The van der Waals surface area contributed by atoms with Crippen molar-refractivity contribution >= 4 is 5.82 Å². The number of fused-ring (bicyclic) bond motifs is 1. The van der Waals surface area contributed by atoms with E-state index in [4.69, 9.17) is 19.2 Å². The van der Waals surface area contributed by atoms with E-state index < -0.39 is 0 Å². The standard InChI is InChI=1S/C26H29N3O4/c1-29-12-4-5-18(29)10-11-27-25-14-17(20-6-3-7-24-26(20)33-16-32-24)13-22(28-25)21-9-8-19(31-2)15-23(21)30/h3,6-9,13-15,18,30H,4-5,10-12,16H2,1-2H3,(H,27,28). The van der Waals surface area contributed by atoms with Gasteiger partial charge in [0.1, 0.15) is 17.3 Å². The number of hydrogen-bond acceptors (Lipinski definition) is 7. The molecule has 172 valence electrons. The molecule has 1 unspecified atom stereocenters. The smallest absolute Gasteiger partial charge is 0.231 e. The van der Waals surface area contributed by atoms with Crippen LogP contribution in [0.4, 0.5) is 5.82 Å². The fraction of sp³-hybridized carbons (Fsp3) is 0.346. The first-order valence-electron chi connectivity index (χ1n) is 11.3. The van der Waals surface area contributed by atoms with E-state index in [2.05, 4.69) is 17.3 Å². The average Bonchev–Trinajstić information content (AvgIpc) is 3.47. The molecule has 0 amide bonds. The Morgan fingerprint density at radius 1 is 1.15 bits per heavy atom. The number of hydrogen-bond donors (Lipinski definition) is 2. The highest BCUT2D eigenvalue weighted by molar-refractivity contribution is 5.81. The summed E-state index contributed by atoms with van der Waals surface area (Å²) in [4.78, 5) is 7.25. The van der Waals surface area contributed by atoms with Crippen LogP contribution in [0.2, 0.25) is 0 Å². The summed E-state index contributed by atoms with van der Waals surface area (Å²) in [6.45, 7) is 2.20. The number of phenolic OH excluding ortho intramolecular Hbond substituents is 1. The maximum absolute atomic E-state index is 10.6. The molecule has 33 heavy (non-hydrogen) atoms. The van der Waals surface area contributed by atoms with Crippen LogP contribution >= 0.6 is 0 Å². The number of nitrogens with one attached hydrogen (secondary N) is 1. The second-order valence-electron chi connectivity index (χ2n) is 8.54. The molecule has 0 aliphatic carbocycles. The number of nitrogens with zero attached hydrogens (tertiary/aromatic N) is 2. The predicted octanol–water partition coefficient (Wildman–Crippen LogP) is 4.75. The number of benzene rings is 2. The zero-order valence-corrected chi connectivity index (χ0v) is 19.0. The highest BCUT2D eigenvalue weighted by atomic mass is 16.7. The lowest BCUT2D eigenvalue weighted by atomic mass is 10.0. The van der Waals surface area contributed by atoms with Gasteiger partial charge in [-0.2, -0.15) is 0 Å². The largest absolute Gasteiger partial charge is 0.507 e. The summed E-state index contributed by atoms with van der Waals surface area (Å²) in [7, 11) is 3.77.